The summed E-state index contributed by atoms with van der Waals surface area (Å²) >= 11 is 5.88. The Hall–Kier alpha value is -0.220. The van der Waals surface area contributed by atoms with Crippen LogP contribution >= 0.6 is 67.8 Å². The van der Waals surface area contributed by atoms with Crippen molar-refractivity contribution in [1.29, 1.82) is 0 Å². The first kappa shape index (κ1) is 20.8. The molecule has 0 aliphatic rings. The molecule has 1 aromatic carbocycles. The van der Waals surface area contributed by atoms with Crippen molar-refractivity contribution in [2.45, 2.75) is 13.8 Å². The number of esters is 1. The molecule has 2 amide bonds. The minimum atomic E-state index is -0.637. The van der Waals surface area contributed by atoms with E-state index in [1.165, 1.54) is 13.8 Å². The summed E-state index contributed by atoms with van der Waals surface area (Å²) in [6.45, 7) is 2.28. The number of amides is 2. The molecule has 0 radical (unpaired) electrons. The number of ether oxygens (including phenoxy) is 1. The number of anilines is 2. The minimum Gasteiger partial charge on any atom is -0.460 e. The predicted octanol–water partition coefficient (Wildman–Crippen LogP) is 2.57. The van der Waals surface area contributed by atoms with Gasteiger partial charge >= 0.3 is 5.97 Å². The largest absolute Gasteiger partial charge is 0.460 e. The molecule has 0 saturated carbocycles. The molecular weight excluding hydrogens is 645 g/mol. The Bertz CT molecular complexity index is 620. The van der Waals surface area contributed by atoms with E-state index in [0.29, 0.717) is 22.1 Å². The van der Waals surface area contributed by atoms with Crippen molar-refractivity contribution >= 4 is 96.9 Å². The fourth-order valence-corrected chi connectivity index (χ4v) is 5.77. The Morgan fingerprint density at radius 2 is 1.39 bits per heavy atom. The topological polar surface area (TPSA) is 105 Å². The molecule has 0 heterocycles. The SMILES string of the molecule is CC(=O)Nc1c(I)c(NC(C)=O)c(I)c(C(=O)OCCO)c1I. The van der Waals surface area contributed by atoms with E-state index in [1.54, 1.807) is 0 Å². The van der Waals surface area contributed by atoms with Gasteiger partial charge in [0.2, 0.25) is 11.8 Å². The molecule has 0 unspecified atom stereocenters. The van der Waals surface area contributed by atoms with Crippen LogP contribution in [-0.4, -0.2) is 36.1 Å². The Balaban J connectivity index is 3.56. The van der Waals surface area contributed by atoms with Gasteiger partial charge in [0.15, 0.2) is 0 Å². The van der Waals surface area contributed by atoms with Gasteiger partial charge in [0, 0.05) is 13.8 Å². The van der Waals surface area contributed by atoms with Gasteiger partial charge in [-0.15, -0.1) is 0 Å². The lowest BCUT2D eigenvalue weighted by molar-refractivity contribution is -0.115. The van der Waals surface area contributed by atoms with Crippen LogP contribution in [0.2, 0.25) is 0 Å². The highest BCUT2D eigenvalue weighted by Crippen LogP contribution is 2.39. The smallest absolute Gasteiger partial charge is 0.340 e. The Morgan fingerprint density at radius 3 is 1.74 bits per heavy atom. The monoisotopic (exact) mass is 658 g/mol. The summed E-state index contributed by atoms with van der Waals surface area (Å²) in [5.74, 6) is -1.24. The zero-order chi connectivity index (χ0) is 17.7. The second-order valence-electron chi connectivity index (χ2n) is 4.29. The molecule has 0 fully saturated rings. The van der Waals surface area contributed by atoms with Crippen LogP contribution in [0.5, 0.6) is 0 Å². The van der Waals surface area contributed by atoms with E-state index in [-0.39, 0.29) is 30.6 Å². The zero-order valence-corrected chi connectivity index (χ0v) is 18.6. The van der Waals surface area contributed by atoms with E-state index >= 15 is 0 Å². The van der Waals surface area contributed by atoms with Gasteiger partial charge in [0.25, 0.3) is 0 Å². The Morgan fingerprint density at radius 1 is 0.957 bits per heavy atom. The van der Waals surface area contributed by atoms with Crippen molar-refractivity contribution < 1.29 is 24.2 Å². The number of aliphatic hydroxyl groups excluding tert-OH is 1. The van der Waals surface area contributed by atoms with Crippen molar-refractivity contribution in [3.8, 4) is 0 Å². The number of benzene rings is 1. The van der Waals surface area contributed by atoms with Gasteiger partial charge in [-0.2, -0.15) is 0 Å². The van der Waals surface area contributed by atoms with Crippen LogP contribution < -0.4 is 10.6 Å². The number of carbonyl (C=O) groups excluding carboxylic acids is 3. The molecule has 1 rings (SSSR count). The van der Waals surface area contributed by atoms with Crippen molar-refractivity contribution in [3.63, 3.8) is 0 Å². The molecule has 0 aromatic heterocycles. The maximum atomic E-state index is 12.3. The van der Waals surface area contributed by atoms with Crippen LogP contribution in [0.3, 0.4) is 0 Å². The third-order valence-electron chi connectivity index (χ3n) is 2.45. The molecule has 3 N–H and O–H groups in total. The summed E-state index contributed by atoms with van der Waals surface area (Å²) < 4.78 is 6.59. The normalized spacial score (nSPS) is 10.2. The van der Waals surface area contributed by atoms with Crippen LogP contribution in [0, 0.1) is 10.7 Å². The first-order valence-electron chi connectivity index (χ1n) is 6.24. The first-order valence-corrected chi connectivity index (χ1v) is 9.47. The number of aliphatic hydroxyl groups is 1. The molecule has 0 atom stereocenters. The summed E-state index contributed by atoms with van der Waals surface area (Å²) in [5.41, 5.74) is 1.09. The van der Waals surface area contributed by atoms with Gasteiger partial charge in [-0.25, -0.2) is 4.79 Å². The van der Waals surface area contributed by atoms with E-state index in [2.05, 4.69) is 10.6 Å². The maximum absolute atomic E-state index is 12.3. The van der Waals surface area contributed by atoms with Gasteiger partial charge in [0.1, 0.15) is 6.61 Å². The highest BCUT2D eigenvalue weighted by Gasteiger charge is 2.26. The summed E-state index contributed by atoms with van der Waals surface area (Å²) in [6.07, 6.45) is 0. The first-order chi connectivity index (χ1) is 10.7. The van der Waals surface area contributed by atoms with Crippen LogP contribution in [0.4, 0.5) is 11.4 Å². The number of halogens is 3. The molecule has 0 bridgehead atoms. The lowest BCUT2D eigenvalue weighted by Gasteiger charge is -2.19. The number of hydrogen-bond acceptors (Lipinski definition) is 5. The molecule has 0 spiro atoms. The number of nitrogens with one attached hydrogen (secondary N) is 2. The van der Waals surface area contributed by atoms with Gasteiger partial charge < -0.3 is 20.5 Å². The van der Waals surface area contributed by atoms with Gasteiger partial charge in [-0.3, -0.25) is 9.59 Å². The highest BCUT2D eigenvalue weighted by molar-refractivity contribution is 14.1. The quantitative estimate of drug-likeness (QED) is 0.334. The highest BCUT2D eigenvalue weighted by atomic mass is 127. The average Bonchev–Trinajstić information content (AvgIpc) is 2.45. The molecular formula is C13H13I3N2O5. The fourth-order valence-electron chi connectivity index (χ4n) is 1.63. The van der Waals surface area contributed by atoms with Crippen LogP contribution in [0.25, 0.3) is 0 Å². The second kappa shape index (κ2) is 9.31. The second-order valence-corrected chi connectivity index (χ2v) is 7.53. The third-order valence-corrected chi connectivity index (χ3v) is 5.68. The molecule has 0 aliphatic heterocycles. The van der Waals surface area contributed by atoms with Gasteiger partial charge in [0.05, 0.1) is 34.3 Å². The molecule has 0 aliphatic carbocycles. The summed E-state index contributed by atoms with van der Waals surface area (Å²) in [4.78, 5) is 35.1. The molecule has 126 valence electrons. The summed E-state index contributed by atoms with van der Waals surface area (Å²) in [7, 11) is 0. The lowest BCUT2D eigenvalue weighted by Crippen LogP contribution is -2.19. The summed E-state index contributed by atoms with van der Waals surface area (Å²) in [5, 5.41) is 14.1. The van der Waals surface area contributed by atoms with Crippen molar-refractivity contribution in [1.82, 2.24) is 0 Å². The molecule has 23 heavy (non-hydrogen) atoms. The van der Waals surface area contributed by atoms with Crippen LogP contribution in [0.15, 0.2) is 0 Å². The number of rotatable bonds is 5. The Labute approximate surface area is 173 Å². The van der Waals surface area contributed by atoms with Crippen LogP contribution in [0.1, 0.15) is 24.2 Å². The summed E-state index contributed by atoms with van der Waals surface area (Å²) in [6, 6.07) is 0. The van der Waals surface area contributed by atoms with Crippen molar-refractivity contribution in [2.24, 2.45) is 0 Å². The molecule has 0 saturated heterocycles. The Kier molecular flexibility index (Phi) is 8.43. The van der Waals surface area contributed by atoms with Crippen LogP contribution in [-0.2, 0) is 14.3 Å². The third kappa shape index (κ3) is 5.38. The predicted molar refractivity (Wildman–Crippen MR) is 111 cm³/mol. The van der Waals surface area contributed by atoms with E-state index in [0.717, 1.165) is 0 Å². The standard InChI is InChI=1S/C13H13I3N2O5/c1-5(20)17-11-8(14)7(13(22)23-4-3-19)9(15)12(10(11)16)18-6(2)21/h19H,3-4H2,1-2H3,(H,17,20)(H,18,21). The lowest BCUT2D eigenvalue weighted by atomic mass is 10.1. The van der Waals surface area contributed by atoms with Crippen molar-refractivity contribution in [2.75, 3.05) is 23.8 Å². The molecule has 1 aromatic rings. The molecule has 10 heteroatoms. The maximum Gasteiger partial charge on any atom is 0.340 e. The van der Waals surface area contributed by atoms with E-state index < -0.39 is 5.97 Å². The molecule has 7 nitrogen and oxygen atoms in total. The van der Waals surface area contributed by atoms with E-state index in [1.807, 2.05) is 67.8 Å². The van der Waals surface area contributed by atoms with Gasteiger partial charge in [-0.1, -0.05) is 0 Å². The van der Waals surface area contributed by atoms with Gasteiger partial charge in [-0.05, 0) is 67.8 Å². The zero-order valence-electron chi connectivity index (χ0n) is 12.1. The minimum absolute atomic E-state index is 0.137. The fraction of sp³-hybridized carbons (Fsp3) is 0.308. The van der Waals surface area contributed by atoms with E-state index in [4.69, 9.17) is 9.84 Å². The average molecular weight is 658 g/mol. The number of carbonyl (C=O) groups is 3. The number of hydrogen-bond donors (Lipinski definition) is 3. The van der Waals surface area contributed by atoms with Crippen molar-refractivity contribution in [3.05, 3.63) is 16.3 Å². The van der Waals surface area contributed by atoms with E-state index in [9.17, 15) is 14.4 Å².